The van der Waals surface area contributed by atoms with E-state index in [1.54, 1.807) is 0 Å². The number of benzene rings is 1. The monoisotopic (exact) mass is 340 g/mol. The first-order valence-corrected chi connectivity index (χ1v) is 8.50. The third kappa shape index (κ3) is 3.84. The summed E-state index contributed by atoms with van der Waals surface area (Å²) in [6.45, 7) is 9.67. The Morgan fingerprint density at radius 3 is 2.60 bits per heavy atom. The number of aliphatic imine (C=N–C) groups is 1. The van der Waals surface area contributed by atoms with Gasteiger partial charge in [0.15, 0.2) is 5.96 Å². The zero-order valence-electron chi connectivity index (χ0n) is 15.1. The molecule has 6 heteroatoms. The summed E-state index contributed by atoms with van der Waals surface area (Å²) >= 11 is 0. The van der Waals surface area contributed by atoms with Crippen molar-refractivity contribution in [2.24, 2.45) is 4.99 Å². The number of hydrogen-bond donors (Lipinski definition) is 2. The maximum absolute atomic E-state index is 5.92. The van der Waals surface area contributed by atoms with E-state index >= 15 is 0 Å². The van der Waals surface area contributed by atoms with Crippen LogP contribution in [0.2, 0.25) is 0 Å². The largest absolute Gasteiger partial charge is 0.459 e. The van der Waals surface area contributed by atoms with Gasteiger partial charge < -0.3 is 19.5 Å². The van der Waals surface area contributed by atoms with E-state index in [0.717, 1.165) is 40.3 Å². The number of para-hydroxylation sites is 1. The van der Waals surface area contributed by atoms with Crippen molar-refractivity contribution in [1.29, 1.82) is 0 Å². The van der Waals surface area contributed by atoms with Gasteiger partial charge in [-0.25, -0.2) is 9.98 Å². The smallest absolute Gasteiger partial charge is 0.214 e. The molecule has 0 bridgehead atoms. The van der Waals surface area contributed by atoms with Crippen LogP contribution in [0.25, 0.3) is 11.0 Å². The van der Waals surface area contributed by atoms with Crippen LogP contribution in [0.15, 0.2) is 38.1 Å². The molecule has 0 radical (unpaired) electrons. The molecule has 0 aliphatic rings. The Morgan fingerprint density at radius 1 is 1.12 bits per heavy atom. The van der Waals surface area contributed by atoms with Crippen molar-refractivity contribution in [3.05, 3.63) is 52.9 Å². The average molecular weight is 340 g/mol. The highest BCUT2D eigenvalue weighted by molar-refractivity contribution is 5.82. The third-order valence-electron chi connectivity index (χ3n) is 4.15. The molecule has 0 spiro atoms. The lowest BCUT2D eigenvalue weighted by Gasteiger charge is -2.09. The van der Waals surface area contributed by atoms with Gasteiger partial charge in [-0.05, 0) is 33.8 Å². The number of fused-ring (bicyclic) bond motifs is 1. The second kappa shape index (κ2) is 7.42. The molecular formula is C19H24N4O2. The summed E-state index contributed by atoms with van der Waals surface area (Å²) < 4.78 is 11.5. The fourth-order valence-corrected chi connectivity index (χ4v) is 2.64. The summed E-state index contributed by atoms with van der Waals surface area (Å²) in [5.41, 5.74) is 2.94. The number of aryl methyl sites for hydroxylation is 3. The fourth-order valence-electron chi connectivity index (χ4n) is 2.64. The molecule has 132 valence electrons. The van der Waals surface area contributed by atoms with Crippen molar-refractivity contribution < 1.29 is 8.83 Å². The van der Waals surface area contributed by atoms with E-state index in [2.05, 4.69) is 33.6 Å². The van der Waals surface area contributed by atoms with Crippen LogP contribution in [0, 0.1) is 20.8 Å². The Bertz CT molecular complexity index is 873. The van der Waals surface area contributed by atoms with Crippen LogP contribution >= 0.6 is 0 Å². The molecular weight excluding hydrogens is 316 g/mol. The zero-order chi connectivity index (χ0) is 17.8. The number of hydrogen-bond acceptors (Lipinski definition) is 4. The van der Waals surface area contributed by atoms with E-state index in [1.807, 2.05) is 39.0 Å². The van der Waals surface area contributed by atoms with Crippen molar-refractivity contribution in [3.8, 4) is 0 Å². The lowest BCUT2D eigenvalue weighted by atomic mass is 10.1. The summed E-state index contributed by atoms with van der Waals surface area (Å²) in [4.78, 5) is 8.99. The van der Waals surface area contributed by atoms with Crippen molar-refractivity contribution in [3.63, 3.8) is 0 Å². The van der Waals surface area contributed by atoms with Gasteiger partial charge in [0.1, 0.15) is 23.6 Å². The molecule has 6 nitrogen and oxygen atoms in total. The molecule has 2 heterocycles. The first kappa shape index (κ1) is 17.1. The summed E-state index contributed by atoms with van der Waals surface area (Å²) in [5.74, 6) is 3.08. The molecule has 0 unspecified atom stereocenters. The molecule has 2 N–H and O–H groups in total. The highest BCUT2D eigenvalue weighted by Gasteiger charge is 2.10. The number of furan rings is 1. The molecule has 0 fully saturated rings. The lowest BCUT2D eigenvalue weighted by Crippen LogP contribution is -2.36. The molecule has 1 aromatic carbocycles. The minimum atomic E-state index is 0.472. The Hall–Kier alpha value is -2.76. The molecule has 3 rings (SSSR count). The van der Waals surface area contributed by atoms with Gasteiger partial charge in [0.05, 0.1) is 12.2 Å². The van der Waals surface area contributed by atoms with E-state index in [-0.39, 0.29) is 0 Å². The van der Waals surface area contributed by atoms with Gasteiger partial charge in [-0.15, -0.1) is 0 Å². The molecule has 0 saturated carbocycles. The molecule has 0 saturated heterocycles. The highest BCUT2D eigenvalue weighted by atomic mass is 16.4. The number of oxazole rings is 1. The molecule has 2 aromatic heterocycles. The van der Waals surface area contributed by atoms with Crippen LogP contribution in [0.3, 0.4) is 0 Å². The lowest BCUT2D eigenvalue weighted by molar-refractivity contribution is 0.463. The molecule has 0 aliphatic heterocycles. The Kier molecular flexibility index (Phi) is 5.07. The second-order valence-electron chi connectivity index (χ2n) is 5.94. The summed E-state index contributed by atoms with van der Waals surface area (Å²) in [6.07, 6.45) is 0. The maximum atomic E-state index is 5.92. The molecule has 0 aliphatic carbocycles. The van der Waals surface area contributed by atoms with Gasteiger partial charge in [-0.3, -0.25) is 0 Å². The highest BCUT2D eigenvalue weighted by Crippen LogP contribution is 2.25. The van der Waals surface area contributed by atoms with E-state index in [9.17, 15) is 0 Å². The minimum absolute atomic E-state index is 0.472. The second-order valence-corrected chi connectivity index (χ2v) is 5.94. The van der Waals surface area contributed by atoms with E-state index in [4.69, 9.17) is 8.83 Å². The summed E-state index contributed by atoms with van der Waals surface area (Å²) in [7, 11) is 0. The number of rotatable bonds is 5. The molecule has 0 atom stereocenters. The SMILES string of the molecule is CCNC(=NCc1oc2ccccc2c1C)NCc1nc(C)c(C)o1. The van der Waals surface area contributed by atoms with Gasteiger partial charge in [0, 0.05) is 17.5 Å². The normalized spacial score (nSPS) is 11.9. The first-order valence-electron chi connectivity index (χ1n) is 8.50. The minimum Gasteiger partial charge on any atom is -0.459 e. The first-order chi connectivity index (χ1) is 12.1. The Balaban J connectivity index is 1.71. The number of nitrogens with one attached hydrogen (secondary N) is 2. The number of nitrogens with zero attached hydrogens (tertiary/aromatic N) is 2. The maximum Gasteiger partial charge on any atom is 0.214 e. The van der Waals surface area contributed by atoms with Gasteiger partial charge in [0.2, 0.25) is 5.89 Å². The summed E-state index contributed by atoms with van der Waals surface area (Å²) in [6, 6.07) is 8.04. The van der Waals surface area contributed by atoms with Gasteiger partial charge in [-0.2, -0.15) is 0 Å². The Morgan fingerprint density at radius 2 is 1.92 bits per heavy atom. The summed E-state index contributed by atoms with van der Waals surface area (Å²) in [5, 5.41) is 7.60. The third-order valence-corrected chi connectivity index (χ3v) is 4.15. The molecule has 3 aromatic rings. The molecule has 0 amide bonds. The molecule has 25 heavy (non-hydrogen) atoms. The average Bonchev–Trinajstić information content (AvgIpc) is 3.10. The van der Waals surface area contributed by atoms with Crippen LogP contribution in [0.4, 0.5) is 0 Å². The van der Waals surface area contributed by atoms with E-state index in [0.29, 0.717) is 24.9 Å². The van der Waals surface area contributed by atoms with Crippen molar-refractivity contribution in [2.75, 3.05) is 6.54 Å². The van der Waals surface area contributed by atoms with Crippen molar-refractivity contribution in [1.82, 2.24) is 15.6 Å². The van der Waals surface area contributed by atoms with Crippen LogP contribution in [0.1, 0.15) is 35.6 Å². The van der Waals surface area contributed by atoms with E-state index < -0.39 is 0 Å². The van der Waals surface area contributed by atoms with Crippen molar-refractivity contribution in [2.45, 2.75) is 40.8 Å². The predicted molar refractivity (Wildman–Crippen MR) is 98.6 cm³/mol. The van der Waals surface area contributed by atoms with Crippen molar-refractivity contribution >= 4 is 16.9 Å². The Labute approximate surface area is 147 Å². The van der Waals surface area contributed by atoms with Gasteiger partial charge in [0.25, 0.3) is 0 Å². The van der Waals surface area contributed by atoms with Crippen LogP contribution in [-0.2, 0) is 13.1 Å². The fraction of sp³-hybridized carbons (Fsp3) is 0.368. The van der Waals surface area contributed by atoms with E-state index in [1.165, 1.54) is 0 Å². The van der Waals surface area contributed by atoms with Crippen LogP contribution in [0.5, 0.6) is 0 Å². The van der Waals surface area contributed by atoms with Crippen LogP contribution < -0.4 is 10.6 Å². The topological polar surface area (TPSA) is 75.6 Å². The standard InChI is InChI=1S/C19H24N4O2/c1-5-20-19(22-11-18-23-13(3)14(4)24-18)21-10-17-12(2)15-8-6-7-9-16(15)25-17/h6-9H,5,10-11H2,1-4H3,(H2,20,21,22). The van der Waals surface area contributed by atoms with Gasteiger partial charge in [-0.1, -0.05) is 18.2 Å². The van der Waals surface area contributed by atoms with Gasteiger partial charge >= 0.3 is 0 Å². The quantitative estimate of drug-likeness (QED) is 0.548. The number of aromatic nitrogens is 1. The predicted octanol–water partition coefficient (Wildman–Crippen LogP) is 3.60. The van der Waals surface area contributed by atoms with Crippen LogP contribution in [-0.4, -0.2) is 17.5 Å². The zero-order valence-corrected chi connectivity index (χ0v) is 15.1. The number of guanidine groups is 1.